The van der Waals surface area contributed by atoms with E-state index in [1.165, 1.54) is 11.3 Å². The van der Waals surface area contributed by atoms with Gasteiger partial charge in [-0.2, -0.15) is 0 Å². The van der Waals surface area contributed by atoms with Gasteiger partial charge in [-0.05, 0) is 42.0 Å². The first kappa shape index (κ1) is 19.6. The first-order valence-electron chi connectivity index (χ1n) is 8.66. The Morgan fingerprint density at radius 1 is 1.17 bits per heavy atom. The predicted molar refractivity (Wildman–Crippen MR) is 117 cm³/mol. The lowest BCUT2D eigenvalue weighted by molar-refractivity contribution is 0.0985. The lowest BCUT2D eigenvalue weighted by Gasteiger charge is -2.20. The van der Waals surface area contributed by atoms with Crippen LogP contribution in [-0.4, -0.2) is 23.0 Å². The highest BCUT2D eigenvalue weighted by Gasteiger charge is 2.24. The number of thiazole rings is 1. The minimum absolute atomic E-state index is 0.270. The largest absolute Gasteiger partial charge is 0.494 e. The minimum atomic E-state index is -0.270. The summed E-state index contributed by atoms with van der Waals surface area (Å²) in [5, 5.41) is 1.30. The SMILES string of the molecule is COc1cccc2sc(N(Cc3cccnc3)C(=O)c3ccc(Cl)cc3Cl)nc12. The number of carbonyl (C=O) groups is 1. The maximum Gasteiger partial charge on any atom is 0.261 e. The number of amides is 1. The fourth-order valence-corrected chi connectivity index (χ4v) is 4.37. The van der Waals surface area contributed by atoms with Crippen LogP contribution < -0.4 is 9.64 Å². The fourth-order valence-electron chi connectivity index (χ4n) is 2.90. The Morgan fingerprint density at radius 3 is 2.76 bits per heavy atom. The van der Waals surface area contributed by atoms with Crippen LogP contribution in [0.15, 0.2) is 60.9 Å². The van der Waals surface area contributed by atoms with Crippen LogP contribution in [0.5, 0.6) is 5.75 Å². The number of halogens is 2. The number of fused-ring (bicyclic) bond motifs is 1. The second kappa shape index (κ2) is 8.37. The number of benzene rings is 2. The molecule has 0 fully saturated rings. The highest BCUT2D eigenvalue weighted by Crippen LogP contribution is 2.36. The van der Waals surface area contributed by atoms with Gasteiger partial charge in [0.1, 0.15) is 11.3 Å². The van der Waals surface area contributed by atoms with Crippen molar-refractivity contribution in [1.82, 2.24) is 9.97 Å². The predicted octanol–water partition coefficient (Wildman–Crippen LogP) is 5.85. The first-order chi connectivity index (χ1) is 14.1. The van der Waals surface area contributed by atoms with E-state index in [4.69, 9.17) is 27.9 Å². The maximum atomic E-state index is 13.4. The van der Waals surface area contributed by atoms with E-state index < -0.39 is 0 Å². The van der Waals surface area contributed by atoms with Crippen molar-refractivity contribution < 1.29 is 9.53 Å². The molecule has 1 amide bonds. The molecule has 0 saturated heterocycles. The van der Waals surface area contributed by atoms with Crippen molar-refractivity contribution in [3.05, 3.63) is 82.1 Å². The van der Waals surface area contributed by atoms with Crippen molar-refractivity contribution in [2.45, 2.75) is 6.54 Å². The zero-order valence-corrected chi connectivity index (χ0v) is 17.6. The molecule has 0 N–H and O–H groups in total. The highest BCUT2D eigenvalue weighted by atomic mass is 35.5. The van der Waals surface area contributed by atoms with E-state index >= 15 is 0 Å². The maximum absolute atomic E-state index is 13.4. The molecule has 2 aromatic heterocycles. The summed E-state index contributed by atoms with van der Waals surface area (Å²) in [5.74, 6) is 0.386. The molecule has 0 unspecified atom stereocenters. The Balaban J connectivity index is 1.81. The third-order valence-corrected chi connectivity index (χ3v) is 5.88. The molecule has 0 aliphatic carbocycles. The molecule has 0 spiro atoms. The molecule has 0 radical (unpaired) electrons. The van der Waals surface area contributed by atoms with Crippen molar-refractivity contribution in [3.63, 3.8) is 0 Å². The summed E-state index contributed by atoms with van der Waals surface area (Å²) in [4.78, 5) is 23.8. The van der Waals surface area contributed by atoms with E-state index in [0.29, 0.717) is 33.5 Å². The van der Waals surface area contributed by atoms with Gasteiger partial charge in [0, 0.05) is 17.4 Å². The quantitative estimate of drug-likeness (QED) is 0.387. The van der Waals surface area contributed by atoms with Crippen molar-refractivity contribution in [3.8, 4) is 5.75 Å². The summed E-state index contributed by atoms with van der Waals surface area (Å²) < 4.78 is 6.33. The Labute approximate surface area is 181 Å². The van der Waals surface area contributed by atoms with E-state index in [1.807, 2.05) is 30.3 Å². The Morgan fingerprint density at radius 2 is 2.03 bits per heavy atom. The van der Waals surface area contributed by atoms with E-state index in [-0.39, 0.29) is 10.9 Å². The second-order valence-corrected chi connectivity index (χ2v) is 8.03. The summed E-state index contributed by atoms with van der Waals surface area (Å²) >= 11 is 13.7. The van der Waals surface area contributed by atoms with Gasteiger partial charge in [-0.25, -0.2) is 4.98 Å². The minimum Gasteiger partial charge on any atom is -0.494 e. The molecule has 29 heavy (non-hydrogen) atoms. The van der Waals surface area contributed by atoms with Crippen molar-refractivity contribution >= 4 is 55.8 Å². The van der Waals surface area contributed by atoms with E-state index in [1.54, 1.807) is 42.6 Å². The van der Waals surface area contributed by atoms with Crippen molar-refractivity contribution in [1.29, 1.82) is 0 Å². The number of nitrogens with zero attached hydrogens (tertiary/aromatic N) is 3. The van der Waals surface area contributed by atoms with Crippen LogP contribution >= 0.6 is 34.5 Å². The Kier molecular flexibility index (Phi) is 5.67. The molecule has 4 rings (SSSR count). The molecule has 0 bridgehead atoms. The van der Waals surface area contributed by atoms with Gasteiger partial charge in [-0.3, -0.25) is 14.7 Å². The average Bonchev–Trinajstić information content (AvgIpc) is 3.16. The normalized spacial score (nSPS) is 10.9. The first-order valence-corrected chi connectivity index (χ1v) is 10.2. The summed E-state index contributed by atoms with van der Waals surface area (Å²) in [7, 11) is 1.60. The molecule has 2 heterocycles. The zero-order valence-electron chi connectivity index (χ0n) is 15.3. The summed E-state index contributed by atoms with van der Waals surface area (Å²) in [6.07, 6.45) is 3.41. The molecular formula is C21H15Cl2N3O2S. The number of aromatic nitrogens is 2. The topological polar surface area (TPSA) is 55.3 Å². The van der Waals surface area contributed by atoms with Crippen LogP contribution in [0, 0.1) is 0 Å². The lowest BCUT2D eigenvalue weighted by atomic mass is 10.2. The van der Waals surface area contributed by atoms with Gasteiger partial charge in [-0.15, -0.1) is 0 Å². The van der Waals surface area contributed by atoms with Gasteiger partial charge < -0.3 is 4.74 Å². The number of para-hydroxylation sites is 1. The summed E-state index contributed by atoms with van der Waals surface area (Å²) in [5.41, 5.74) is 1.93. The van der Waals surface area contributed by atoms with Gasteiger partial charge in [0.25, 0.3) is 5.91 Å². The standard InChI is InChI=1S/C21H15Cl2N3O2S/c1-28-17-5-2-6-18-19(17)25-21(29-18)26(12-13-4-3-9-24-11-13)20(27)15-8-7-14(22)10-16(15)23/h2-11H,12H2,1H3. The number of hydrogen-bond donors (Lipinski definition) is 0. The molecule has 0 saturated carbocycles. The van der Waals surface area contributed by atoms with Crippen LogP contribution in [-0.2, 0) is 6.54 Å². The number of methoxy groups -OCH3 is 1. The number of hydrogen-bond acceptors (Lipinski definition) is 5. The van der Waals surface area contributed by atoms with Crippen LogP contribution in [0.4, 0.5) is 5.13 Å². The summed E-state index contributed by atoms with van der Waals surface area (Å²) in [6, 6.07) is 14.2. The van der Waals surface area contributed by atoms with Crippen LogP contribution in [0.25, 0.3) is 10.2 Å². The molecule has 0 aliphatic heterocycles. The lowest BCUT2D eigenvalue weighted by Crippen LogP contribution is -2.30. The third kappa shape index (κ3) is 4.05. The van der Waals surface area contributed by atoms with E-state index in [9.17, 15) is 4.79 Å². The van der Waals surface area contributed by atoms with Crippen LogP contribution in [0.1, 0.15) is 15.9 Å². The molecule has 146 valence electrons. The zero-order chi connectivity index (χ0) is 20.4. The average molecular weight is 444 g/mol. The molecule has 5 nitrogen and oxygen atoms in total. The number of rotatable bonds is 5. The molecule has 2 aromatic carbocycles. The third-order valence-electron chi connectivity index (χ3n) is 4.29. The van der Waals surface area contributed by atoms with Gasteiger partial charge in [0.2, 0.25) is 0 Å². The smallest absolute Gasteiger partial charge is 0.261 e. The molecule has 4 aromatic rings. The Bertz CT molecular complexity index is 1180. The fraction of sp³-hybridized carbons (Fsp3) is 0.0952. The van der Waals surface area contributed by atoms with Gasteiger partial charge in [0.15, 0.2) is 5.13 Å². The highest BCUT2D eigenvalue weighted by molar-refractivity contribution is 7.22. The molecular weight excluding hydrogens is 429 g/mol. The Hall–Kier alpha value is -2.67. The van der Waals surface area contributed by atoms with E-state index in [0.717, 1.165) is 10.3 Å². The van der Waals surface area contributed by atoms with Gasteiger partial charge in [-0.1, -0.05) is 46.7 Å². The number of carbonyl (C=O) groups excluding carboxylic acids is 1. The number of ether oxygens (including phenoxy) is 1. The second-order valence-electron chi connectivity index (χ2n) is 6.18. The van der Waals surface area contributed by atoms with Crippen molar-refractivity contribution in [2.24, 2.45) is 0 Å². The van der Waals surface area contributed by atoms with Crippen LogP contribution in [0.2, 0.25) is 10.0 Å². The van der Waals surface area contributed by atoms with Crippen molar-refractivity contribution in [2.75, 3.05) is 12.0 Å². The van der Waals surface area contributed by atoms with Gasteiger partial charge >= 0.3 is 0 Å². The molecule has 8 heteroatoms. The molecule has 0 atom stereocenters. The van der Waals surface area contributed by atoms with Crippen LogP contribution in [0.3, 0.4) is 0 Å². The van der Waals surface area contributed by atoms with Gasteiger partial charge in [0.05, 0.1) is 28.9 Å². The van der Waals surface area contributed by atoms with E-state index in [2.05, 4.69) is 9.97 Å². The number of anilines is 1. The number of pyridine rings is 1. The summed E-state index contributed by atoms with van der Waals surface area (Å²) in [6.45, 7) is 0.299. The monoisotopic (exact) mass is 443 g/mol. The molecule has 0 aliphatic rings.